The molecule has 8 heteroatoms. The average Bonchev–Trinajstić information content (AvgIpc) is 2.85. The van der Waals surface area contributed by atoms with Gasteiger partial charge in [-0.1, -0.05) is 12.1 Å². The van der Waals surface area contributed by atoms with E-state index in [1.54, 1.807) is 0 Å². The van der Waals surface area contributed by atoms with Crippen LogP contribution in [0.15, 0.2) is 22.7 Å². The van der Waals surface area contributed by atoms with E-state index in [1.165, 1.54) is 6.07 Å². The summed E-state index contributed by atoms with van der Waals surface area (Å²) in [4.78, 5) is 13.9. The molecule has 0 aliphatic rings. The van der Waals surface area contributed by atoms with Crippen molar-refractivity contribution in [3.8, 4) is 0 Å². The summed E-state index contributed by atoms with van der Waals surface area (Å²) in [5.74, 6) is 0.0762. The second kappa shape index (κ2) is 5.42. The first-order valence-corrected chi connectivity index (χ1v) is 5.59. The van der Waals surface area contributed by atoms with Gasteiger partial charge in [0, 0.05) is 18.2 Å². The monoisotopic (exact) mass is 266 g/mol. The highest BCUT2D eigenvalue weighted by atomic mass is 19.1. The van der Waals surface area contributed by atoms with E-state index < -0.39 is 16.4 Å². The van der Waals surface area contributed by atoms with Gasteiger partial charge in [-0.15, -0.1) is 0 Å². The SMILES string of the molecule is CCc1noc(CNc2ccc(F)c([N+](=O)[O-])c2)n1. The molecule has 7 nitrogen and oxygen atoms in total. The Kier molecular flexibility index (Phi) is 3.69. The van der Waals surface area contributed by atoms with Crippen LogP contribution in [0.4, 0.5) is 15.8 Å². The summed E-state index contributed by atoms with van der Waals surface area (Å²) in [6, 6.07) is 3.55. The molecule has 1 aromatic carbocycles. The molecule has 1 N–H and O–H groups in total. The van der Waals surface area contributed by atoms with Crippen LogP contribution in [0.3, 0.4) is 0 Å². The summed E-state index contributed by atoms with van der Waals surface area (Å²) in [6.45, 7) is 2.11. The summed E-state index contributed by atoms with van der Waals surface area (Å²) in [5, 5.41) is 17.2. The van der Waals surface area contributed by atoms with Gasteiger partial charge >= 0.3 is 5.69 Å². The molecule has 1 heterocycles. The van der Waals surface area contributed by atoms with E-state index in [2.05, 4.69) is 15.5 Å². The number of aromatic nitrogens is 2. The molecule has 0 aliphatic carbocycles. The van der Waals surface area contributed by atoms with Gasteiger partial charge in [-0.05, 0) is 12.1 Å². The molecule has 0 radical (unpaired) electrons. The summed E-state index contributed by atoms with van der Waals surface area (Å²) >= 11 is 0. The highest BCUT2D eigenvalue weighted by molar-refractivity contribution is 5.51. The molecule has 0 saturated carbocycles. The van der Waals surface area contributed by atoms with Gasteiger partial charge in [-0.3, -0.25) is 10.1 Å². The van der Waals surface area contributed by atoms with Crippen LogP contribution in [-0.2, 0) is 13.0 Å². The fraction of sp³-hybridized carbons (Fsp3) is 0.273. The summed E-state index contributed by atoms with van der Waals surface area (Å²) in [6.07, 6.45) is 0.658. The second-order valence-electron chi connectivity index (χ2n) is 3.73. The minimum Gasteiger partial charge on any atom is -0.376 e. The molecule has 2 rings (SSSR count). The van der Waals surface area contributed by atoms with Crippen LogP contribution >= 0.6 is 0 Å². The van der Waals surface area contributed by atoms with Crippen LogP contribution in [0.1, 0.15) is 18.6 Å². The van der Waals surface area contributed by atoms with Gasteiger partial charge in [-0.25, -0.2) is 0 Å². The first-order chi connectivity index (χ1) is 9.10. The van der Waals surface area contributed by atoms with Gasteiger partial charge in [0.25, 0.3) is 0 Å². The smallest absolute Gasteiger partial charge is 0.306 e. The molecule has 2 aromatic rings. The molecule has 19 heavy (non-hydrogen) atoms. The predicted octanol–water partition coefficient (Wildman–Crippen LogP) is 2.29. The Balaban J connectivity index is 2.07. The molecule has 0 saturated heterocycles. The Morgan fingerprint density at radius 1 is 1.53 bits per heavy atom. The number of rotatable bonds is 5. The molecule has 0 atom stereocenters. The van der Waals surface area contributed by atoms with Gasteiger partial charge in [0.15, 0.2) is 5.82 Å². The van der Waals surface area contributed by atoms with Crippen molar-refractivity contribution in [2.75, 3.05) is 5.32 Å². The number of nitrogens with zero attached hydrogens (tertiary/aromatic N) is 3. The summed E-state index contributed by atoms with van der Waals surface area (Å²) in [5.41, 5.74) is -0.172. The Hall–Kier alpha value is -2.51. The first-order valence-electron chi connectivity index (χ1n) is 5.59. The molecule has 0 aliphatic heterocycles. The lowest BCUT2D eigenvalue weighted by Crippen LogP contribution is -2.01. The van der Waals surface area contributed by atoms with E-state index in [-0.39, 0.29) is 6.54 Å². The zero-order chi connectivity index (χ0) is 13.8. The number of aryl methyl sites for hydroxylation is 1. The molecular formula is C11H11FN4O3. The minimum absolute atomic E-state index is 0.218. The van der Waals surface area contributed by atoms with E-state index in [0.717, 1.165) is 12.1 Å². The first kappa shape index (κ1) is 12.9. The quantitative estimate of drug-likeness (QED) is 0.659. The van der Waals surface area contributed by atoms with Crippen LogP contribution in [0.5, 0.6) is 0 Å². The number of nitro benzene ring substituents is 1. The van der Waals surface area contributed by atoms with Crippen LogP contribution in [-0.4, -0.2) is 15.1 Å². The summed E-state index contributed by atoms with van der Waals surface area (Å²) < 4.78 is 18.1. The summed E-state index contributed by atoms with van der Waals surface area (Å²) in [7, 11) is 0. The Labute approximate surface area is 107 Å². The third-order valence-electron chi connectivity index (χ3n) is 2.41. The third kappa shape index (κ3) is 3.03. The van der Waals surface area contributed by atoms with Gasteiger partial charge in [-0.2, -0.15) is 9.37 Å². The minimum atomic E-state index is -0.874. The fourth-order valence-electron chi connectivity index (χ4n) is 1.45. The largest absolute Gasteiger partial charge is 0.376 e. The molecule has 0 unspecified atom stereocenters. The maximum atomic E-state index is 13.1. The number of nitrogens with one attached hydrogen (secondary N) is 1. The van der Waals surface area contributed by atoms with Crippen molar-refractivity contribution in [3.63, 3.8) is 0 Å². The van der Waals surface area contributed by atoms with Crippen molar-refractivity contribution in [3.05, 3.63) is 45.8 Å². The van der Waals surface area contributed by atoms with Crippen LogP contribution in [0, 0.1) is 15.9 Å². The third-order valence-corrected chi connectivity index (χ3v) is 2.41. The highest BCUT2D eigenvalue weighted by Gasteiger charge is 2.14. The Morgan fingerprint density at radius 2 is 2.32 bits per heavy atom. The standard InChI is InChI=1S/C11H11FN4O3/c1-2-10-14-11(19-15-10)6-13-7-3-4-8(12)9(5-7)16(17)18/h3-5,13H,2,6H2,1H3. The molecule has 1 aromatic heterocycles. The van der Waals surface area contributed by atoms with E-state index in [1.807, 2.05) is 6.92 Å². The van der Waals surface area contributed by atoms with Crippen LogP contribution in [0.25, 0.3) is 0 Å². The fourth-order valence-corrected chi connectivity index (χ4v) is 1.45. The van der Waals surface area contributed by atoms with Crippen LogP contribution in [0.2, 0.25) is 0 Å². The molecule has 0 bridgehead atoms. The number of benzene rings is 1. The number of hydrogen-bond acceptors (Lipinski definition) is 6. The number of nitro groups is 1. The van der Waals surface area contributed by atoms with E-state index in [0.29, 0.717) is 23.8 Å². The van der Waals surface area contributed by atoms with Crippen molar-refractivity contribution in [2.24, 2.45) is 0 Å². The van der Waals surface area contributed by atoms with Crippen molar-refractivity contribution >= 4 is 11.4 Å². The molecule has 0 amide bonds. The molecular weight excluding hydrogens is 255 g/mol. The van der Waals surface area contributed by atoms with Gasteiger partial charge in [0.1, 0.15) is 0 Å². The van der Waals surface area contributed by atoms with Gasteiger partial charge in [0.2, 0.25) is 11.7 Å². The lowest BCUT2D eigenvalue weighted by Gasteiger charge is -2.03. The number of anilines is 1. The van der Waals surface area contributed by atoms with Crippen molar-refractivity contribution in [2.45, 2.75) is 19.9 Å². The normalized spacial score (nSPS) is 10.4. The maximum Gasteiger partial charge on any atom is 0.306 e. The van der Waals surface area contributed by atoms with Crippen molar-refractivity contribution < 1.29 is 13.8 Å². The molecule has 100 valence electrons. The van der Waals surface area contributed by atoms with Gasteiger partial charge in [0.05, 0.1) is 11.5 Å². The van der Waals surface area contributed by atoms with Gasteiger partial charge < -0.3 is 9.84 Å². The lowest BCUT2D eigenvalue weighted by molar-refractivity contribution is -0.387. The highest BCUT2D eigenvalue weighted by Crippen LogP contribution is 2.21. The van der Waals surface area contributed by atoms with E-state index in [9.17, 15) is 14.5 Å². The van der Waals surface area contributed by atoms with E-state index >= 15 is 0 Å². The number of hydrogen-bond donors (Lipinski definition) is 1. The topological polar surface area (TPSA) is 94.1 Å². The Morgan fingerprint density at radius 3 is 2.95 bits per heavy atom. The van der Waals surface area contributed by atoms with E-state index in [4.69, 9.17) is 4.52 Å². The molecule has 0 fully saturated rings. The van der Waals surface area contributed by atoms with Crippen molar-refractivity contribution in [1.82, 2.24) is 10.1 Å². The molecule has 0 spiro atoms. The zero-order valence-corrected chi connectivity index (χ0v) is 10.1. The zero-order valence-electron chi connectivity index (χ0n) is 10.1. The second-order valence-corrected chi connectivity index (χ2v) is 3.73. The van der Waals surface area contributed by atoms with Crippen LogP contribution < -0.4 is 5.32 Å². The lowest BCUT2D eigenvalue weighted by atomic mass is 10.2. The number of halogens is 1. The maximum absolute atomic E-state index is 13.1. The van der Waals surface area contributed by atoms with Crippen molar-refractivity contribution in [1.29, 1.82) is 0 Å². The predicted molar refractivity (Wildman–Crippen MR) is 64.1 cm³/mol. The Bertz CT molecular complexity index is 599. The average molecular weight is 266 g/mol.